The lowest BCUT2D eigenvalue weighted by atomic mass is 10.2. The maximum Gasteiger partial charge on any atom is 0.174 e. The van der Waals surface area contributed by atoms with Crippen LogP contribution in [0.4, 0.5) is 5.69 Å². The van der Waals surface area contributed by atoms with E-state index in [9.17, 15) is 0 Å². The van der Waals surface area contributed by atoms with E-state index in [-0.39, 0.29) is 0 Å². The van der Waals surface area contributed by atoms with Gasteiger partial charge >= 0.3 is 0 Å². The van der Waals surface area contributed by atoms with Crippen LogP contribution in [0.25, 0.3) is 0 Å². The number of aromatic nitrogens is 2. The minimum absolute atomic E-state index is 0.519. The molecule has 32 heavy (non-hydrogen) atoms. The molecule has 1 heterocycles. The smallest absolute Gasteiger partial charge is 0.174 e. The van der Waals surface area contributed by atoms with Crippen molar-refractivity contribution in [1.29, 1.82) is 0 Å². The van der Waals surface area contributed by atoms with Crippen molar-refractivity contribution >= 4 is 46.2 Å². The molecule has 0 amide bonds. The van der Waals surface area contributed by atoms with Crippen molar-refractivity contribution < 1.29 is 0 Å². The second-order valence-corrected chi connectivity index (χ2v) is 8.65. The summed E-state index contributed by atoms with van der Waals surface area (Å²) in [6.07, 6.45) is 3.67. The molecular weight excluding hydrogens is 459 g/mol. The molecule has 0 aliphatic rings. The molecule has 0 atom stereocenters. The molecule has 0 aliphatic heterocycles. The Bertz CT molecular complexity index is 1140. The third-order valence-electron chi connectivity index (χ3n) is 4.94. The molecule has 0 radical (unpaired) electrons. The van der Waals surface area contributed by atoms with E-state index >= 15 is 0 Å². The van der Waals surface area contributed by atoms with E-state index < -0.39 is 0 Å². The summed E-state index contributed by atoms with van der Waals surface area (Å²) in [5.41, 5.74) is 4.11. The Hall–Kier alpha value is -2.86. The summed E-state index contributed by atoms with van der Waals surface area (Å²) in [6.45, 7) is 1.92. The number of anilines is 1. The third-order valence-corrected chi connectivity index (χ3v) is 5.91. The molecule has 3 aromatic carbocycles. The molecule has 0 unspecified atom stereocenters. The first-order valence-corrected chi connectivity index (χ1v) is 11.3. The van der Waals surface area contributed by atoms with Gasteiger partial charge in [0.2, 0.25) is 0 Å². The van der Waals surface area contributed by atoms with Crippen LogP contribution in [0, 0.1) is 0 Å². The highest BCUT2D eigenvalue weighted by Gasteiger charge is 2.13. The predicted molar refractivity (Wildman–Crippen MR) is 136 cm³/mol. The summed E-state index contributed by atoms with van der Waals surface area (Å²) < 4.78 is 1.81. The molecule has 4 nitrogen and oxygen atoms in total. The van der Waals surface area contributed by atoms with E-state index in [1.807, 2.05) is 48.7 Å². The summed E-state index contributed by atoms with van der Waals surface area (Å²) in [5, 5.41) is 9.71. The molecule has 0 bridgehead atoms. The molecular formula is C25H22Cl2N4S. The van der Waals surface area contributed by atoms with Gasteiger partial charge in [-0.3, -0.25) is 4.68 Å². The van der Waals surface area contributed by atoms with Gasteiger partial charge in [-0.05, 0) is 47.1 Å². The SMILES string of the molecule is S=C(Nc1cnn(Cc2cc(Cl)ccc2Cl)c1)N(Cc1ccccc1)Cc1ccccc1. The van der Waals surface area contributed by atoms with Gasteiger partial charge < -0.3 is 10.2 Å². The van der Waals surface area contributed by atoms with Crippen molar-refractivity contribution in [3.8, 4) is 0 Å². The van der Waals surface area contributed by atoms with Gasteiger partial charge in [-0.1, -0.05) is 83.9 Å². The second kappa shape index (κ2) is 10.6. The lowest BCUT2D eigenvalue weighted by molar-refractivity contribution is 0.413. The van der Waals surface area contributed by atoms with Crippen LogP contribution in [0.15, 0.2) is 91.3 Å². The van der Waals surface area contributed by atoms with Gasteiger partial charge in [0.25, 0.3) is 0 Å². The summed E-state index contributed by atoms with van der Waals surface area (Å²) in [7, 11) is 0. The number of nitrogens with one attached hydrogen (secondary N) is 1. The Morgan fingerprint density at radius 1 is 0.906 bits per heavy atom. The van der Waals surface area contributed by atoms with Crippen LogP contribution < -0.4 is 5.32 Å². The zero-order valence-corrected chi connectivity index (χ0v) is 19.6. The fourth-order valence-electron chi connectivity index (χ4n) is 3.36. The van der Waals surface area contributed by atoms with Gasteiger partial charge in [-0.15, -0.1) is 0 Å². The van der Waals surface area contributed by atoms with Crippen LogP contribution in [0.2, 0.25) is 10.0 Å². The number of rotatable bonds is 7. The van der Waals surface area contributed by atoms with E-state index in [4.69, 9.17) is 35.4 Å². The van der Waals surface area contributed by atoms with Crippen molar-refractivity contribution in [1.82, 2.24) is 14.7 Å². The monoisotopic (exact) mass is 480 g/mol. The van der Waals surface area contributed by atoms with Crippen molar-refractivity contribution in [2.75, 3.05) is 5.32 Å². The first kappa shape index (κ1) is 22.3. The number of hydrogen-bond donors (Lipinski definition) is 1. The molecule has 4 aromatic rings. The Kier molecular flexibility index (Phi) is 7.43. The molecule has 0 saturated carbocycles. The van der Waals surface area contributed by atoms with Crippen LogP contribution in [-0.2, 0) is 19.6 Å². The van der Waals surface area contributed by atoms with Gasteiger partial charge in [0.1, 0.15) is 0 Å². The Morgan fingerprint density at radius 2 is 1.53 bits per heavy atom. The molecule has 162 valence electrons. The molecule has 1 aromatic heterocycles. The molecule has 0 spiro atoms. The zero-order valence-electron chi connectivity index (χ0n) is 17.3. The van der Waals surface area contributed by atoms with Gasteiger partial charge in [0, 0.05) is 29.3 Å². The highest BCUT2D eigenvalue weighted by molar-refractivity contribution is 7.80. The fraction of sp³-hybridized carbons (Fsp3) is 0.120. The lowest BCUT2D eigenvalue weighted by Crippen LogP contribution is -2.33. The number of nitrogens with zero attached hydrogens (tertiary/aromatic N) is 3. The topological polar surface area (TPSA) is 33.1 Å². The largest absolute Gasteiger partial charge is 0.340 e. The Balaban J connectivity index is 1.47. The van der Waals surface area contributed by atoms with Crippen LogP contribution in [-0.4, -0.2) is 19.8 Å². The van der Waals surface area contributed by atoms with Crippen LogP contribution in [0.1, 0.15) is 16.7 Å². The summed E-state index contributed by atoms with van der Waals surface area (Å²) in [6, 6.07) is 26.0. The molecule has 7 heteroatoms. The normalized spacial score (nSPS) is 10.7. The maximum atomic E-state index is 6.29. The number of hydrogen-bond acceptors (Lipinski definition) is 2. The summed E-state index contributed by atoms with van der Waals surface area (Å²) >= 11 is 18.2. The average Bonchev–Trinajstić information content (AvgIpc) is 3.24. The van der Waals surface area contributed by atoms with Crippen molar-refractivity contribution in [2.45, 2.75) is 19.6 Å². The average molecular weight is 481 g/mol. The number of benzene rings is 3. The summed E-state index contributed by atoms with van der Waals surface area (Å²) in [5.74, 6) is 0. The van der Waals surface area contributed by atoms with Crippen molar-refractivity contribution in [3.05, 3.63) is 118 Å². The fourth-order valence-corrected chi connectivity index (χ4v) is 3.98. The quantitative estimate of drug-likeness (QED) is 0.300. The number of thiocarbonyl (C=S) groups is 1. The van der Waals surface area contributed by atoms with E-state index in [0.717, 1.165) is 11.3 Å². The minimum atomic E-state index is 0.519. The molecule has 0 saturated heterocycles. The highest BCUT2D eigenvalue weighted by atomic mass is 35.5. The van der Waals surface area contributed by atoms with Crippen LogP contribution in [0.5, 0.6) is 0 Å². The van der Waals surface area contributed by atoms with Gasteiger partial charge in [0.05, 0.1) is 18.4 Å². The van der Waals surface area contributed by atoms with Gasteiger partial charge in [-0.25, -0.2) is 0 Å². The molecule has 4 rings (SSSR count). The van der Waals surface area contributed by atoms with Crippen molar-refractivity contribution in [2.24, 2.45) is 0 Å². The van der Waals surface area contributed by atoms with E-state index in [0.29, 0.717) is 34.8 Å². The maximum absolute atomic E-state index is 6.29. The standard InChI is InChI=1S/C25H22Cl2N4S/c26-22-11-12-24(27)21(13-22)17-31-18-23(14-28-31)29-25(32)30(15-19-7-3-1-4-8-19)16-20-9-5-2-6-10-20/h1-14,18H,15-17H2,(H,29,32). The predicted octanol–water partition coefficient (Wildman–Crippen LogP) is 6.64. The van der Waals surface area contributed by atoms with E-state index in [1.165, 1.54) is 11.1 Å². The molecule has 1 N–H and O–H groups in total. The first-order valence-electron chi connectivity index (χ1n) is 10.2. The Morgan fingerprint density at radius 3 is 2.16 bits per heavy atom. The van der Waals surface area contributed by atoms with Crippen LogP contribution in [0.3, 0.4) is 0 Å². The zero-order chi connectivity index (χ0) is 22.3. The van der Waals surface area contributed by atoms with Gasteiger partial charge in [0.15, 0.2) is 5.11 Å². The lowest BCUT2D eigenvalue weighted by Gasteiger charge is -2.26. The van der Waals surface area contributed by atoms with E-state index in [1.54, 1.807) is 23.0 Å². The second-order valence-electron chi connectivity index (χ2n) is 7.42. The van der Waals surface area contributed by atoms with Crippen LogP contribution >= 0.6 is 35.4 Å². The highest BCUT2D eigenvalue weighted by Crippen LogP contribution is 2.22. The first-order chi connectivity index (χ1) is 15.6. The minimum Gasteiger partial charge on any atom is -0.340 e. The van der Waals surface area contributed by atoms with E-state index in [2.05, 4.69) is 39.6 Å². The molecule has 0 aliphatic carbocycles. The van der Waals surface area contributed by atoms with Crippen molar-refractivity contribution in [3.63, 3.8) is 0 Å². The van der Waals surface area contributed by atoms with Gasteiger partial charge in [-0.2, -0.15) is 5.10 Å². The third kappa shape index (κ3) is 6.10. The Labute approximate surface area is 203 Å². The number of halogens is 2. The molecule has 0 fully saturated rings. The summed E-state index contributed by atoms with van der Waals surface area (Å²) in [4.78, 5) is 2.14.